The van der Waals surface area contributed by atoms with Crippen molar-refractivity contribution in [3.05, 3.63) is 48.0 Å². The fourth-order valence-electron chi connectivity index (χ4n) is 6.88. The molecule has 0 spiro atoms. The lowest BCUT2D eigenvalue weighted by Crippen LogP contribution is -2.59. The highest BCUT2D eigenvalue weighted by Gasteiger charge is 2.34. The number of amides is 8. The molecule has 2 aromatic rings. The second-order valence-electron chi connectivity index (χ2n) is 18.0. The molecule has 0 radical (unpaired) electrons. The second-order valence-corrected chi connectivity index (χ2v) is 18.3. The summed E-state index contributed by atoms with van der Waals surface area (Å²) in [5.41, 5.74) is 17.7. The largest absolute Gasteiger partial charge is 0.508 e. The van der Waals surface area contributed by atoms with E-state index in [-0.39, 0.29) is 74.4 Å². The minimum atomic E-state index is -1.84. The molecule has 1 aromatic heterocycles. The van der Waals surface area contributed by atoms with Crippen LogP contribution in [0.3, 0.4) is 0 Å². The predicted octanol–water partition coefficient (Wildman–Crippen LogP) is -3.61. The van der Waals surface area contributed by atoms with Gasteiger partial charge in [-0.1, -0.05) is 39.8 Å². The summed E-state index contributed by atoms with van der Waals surface area (Å²) >= 11 is 3.96. The fraction of sp³-hybridized carbons (Fsp3) is 0.556. The Kier molecular flexibility index (Phi) is 26.2. The average Bonchev–Trinajstić information content (AvgIpc) is 3.82. The van der Waals surface area contributed by atoms with Crippen molar-refractivity contribution in [2.24, 2.45) is 34.0 Å². The molecule has 0 unspecified atom stereocenters. The summed E-state index contributed by atoms with van der Waals surface area (Å²) in [4.78, 5) is 142. The van der Waals surface area contributed by atoms with E-state index in [2.05, 4.69) is 70.1 Å². The van der Waals surface area contributed by atoms with E-state index in [0.717, 1.165) is 0 Å². The maximum atomic E-state index is 14.0. The Bertz CT molecular complexity index is 2230. The number of aliphatic carboxylic acids is 2. The number of aromatic hydroxyl groups is 1. The van der Waals surface area contributed by atoms with Gasteiger partial charge in [0.2, 0.25) is 47.3 Å². The molecule has 27 nitrogen and oxygen atoms in total. The zero-order valence-corrected chi connectivity index (χ0v) is 42.2. The summed E-state index contributed by atoms with van der Waals surface area (Å²) in [6, 6.07) is -5.38. The van der Waals surface area contributed by atoms with Gasteiger partial charge < -0.3 is 80.0 Å². The number of aromatic amines is 1. The molecular weight excluding hydrogens is 977 g/mol. The van der Waals surface area contributed by atoms with E-state index in [9.17, 15) is 63.3 Å². The van der Waals surface area contributed by atoms with Crippen LogP contribution in [-0.4, -0.2) is 158 Å². The van der Waals surface area contributed by atoms with Crippen LogP contribution in [0.15, 0.2) is 41.8 Å². The van der Waals surface area contributed by atoms with Gasteiger partial charge in [0, 0.05) is 37.0 Å². The highest BCUT2D eigenvalue weighted by molar-refractivity contribution is 7.80. The van der Waals surface area contributed by atoms with Crippen LogP contribution < -0.4 is 59.7 Å². The Hall–Kier alpha value is -7.49. The van der Waals surface area contributed by atoms with Crippen molar-refractivity contribution in [2.75, 3.05) is 18.8 Å². The molecule has 0 saturated carbocycles. The van der Waals surface area contributed by atoms with E-state index in [4.69, 9.17) is 17.2 Å². The first-order valence-corrected chi connectivity index (χ1v) is 23.9. The lowest BCUT2D eigenvalue weighted by atomic mass is 10.0. The quantitative estimate of drug-likeness (QED) is 0.0146. The van der Waals surface area contributed by atoms with E-state index >= 15 is 0 Å². The van der Waals surface area contributed by atoms with Gasteiger partial charge >= 0.3 is 11.9 Å². The number of hydrogen-bond acceptors (Lipinski definition) is 15. The van der Waals surface area contributed by atoms with Crippen LogP contribution >= 0.6 is 12.6 Å². The number of nitrogens with two attached hydrogens (primary N) is 3. The number of nitrogens with one attached hydrogen (secondary N) is 9. The van der Waals surface area contributed by atoms with Gasteiger partial charge in [-0.3, -0.25) is 48.1 Å². The predicted molar refractivity (Wildman–Crippen MR) is 267 cm³/mol. The van der Waals surface area contributed by atoms with Crippen molar-refractivity contribution >= 4 is 77.8 Å². The Morgan fingerprint density at radius 1 is 0.671 bits per heavy atom. The van der Waals surface area contributed by atoms with Gasteiger partial charge in [0.15, 0.2) is 5.96 Å². The summed E-state index contributed by atoms with van der Waals surface area (Å²) in [7, 11) is 0. The number of thiol groups is 1. The Morgan fingerprint density at radius 2 is 1.21 bits per heavy atom. The standard InChI is InChI=1S/C45H70N14O13S/c1-22(2)13-28(46)38(65)54-29(7-6-12-50-45(47)48)40(67)57-31(15-25-8-10-27(60)11-9-25)42(69)58-33(17-36(62)63)39(66)51-19-35(61)53-24(5)37(64)55-32(16-26-18-49-21-52-26)43(70)56-30(14-23(3)4)41(68)59-34(20-73)44(71)72/h8-11,18,21-24,28-34,60,73H,6-7,12-17,19-20,46H2,1-5H3,(H,49,52)(H,51,66)(H,53,61)(H,54,65)(H,55,64)(H,56,70)(H,57,67)(H,58,69)(H,59,68)(H,62,63)(H,71,72)(H4,47,48,50)/t24-,28-,29-,30-,31-,32-,33-,34-/m0/s1. The van der Waals surface area contributed by atoms with Crippen molar-refractivity contribution < 1.29 is 63.3 Å². The van der Waals surface area contributed by atoms with Crippen LogP contribution in [0.2, 0.25) is 0 Å². The number of carboxylic acids is 2. The van der Waals surface area contributed by atoms with E-state index in [0.29, 0.717) is 11.3 Å². The molecule has 28 heteroatoms. The molecule has 73 heavy (non-hydrogen) atoms. The number of carbonyl (C=O) groups excluding carboxylic acids is 8. The first-order chi connectivity index (χ1) is 34.3. The third-order valence-electron chi connectivity index (χ3n) is 10.6. The number of carbonyl (C=O) groups is 10. The first-order valence-electron chi connectivity index (χ1n) is 23.3. The first kappa shape index (κ1) is 61.6. The topological polar surface area (TPSA) is 447 Å². The lowest BCUT2D eigenvalue weighted by Gasteiger charge is -2.26. The maximum absolute atomic E-state index is 14.0. The summed E-state index contributed by atoms with van der Waals surface area (Å²) in [6.07, 6.45) is 1.86. The normalized spacial score (nSPS) is 14.3. The SMILES string of the molecule is CC(C)C[C@H](NC(=O)[C@H](Cc1cnc[nH]1)NC(=O)[C@H](C)NC(=O)CNC(=O)[C@H](CC(=O)O)NC(=O)[C@H](Cc1ccc(O)cc1)NC(=O)[C@H](CCCN=C(N)N)NC(=O)[C@@H](N)CC(C)C)C(=O)N[C@@H](CS)C(=O)O. The molecule has 2 rings (SSSR count). The summed E-state index contributed by atoms with van der Waals surface area (Å²) in [5, 5.41) is 48.4. The van der Waals surface area contributed by atoms with Crippen LogP contribution in [0.4, 0.5) is 0 Å². The molecule has 1 aromatic carbocycles. The van der Waals surface area contributed by atoms with Gasteiger partial charge in [-0.05, 0) is 62.1 Å². The molecule has 1 heterocycles. The number of aromatic nitrogens is 2. The van der Waals surface area contributed by atoms with Gasteiger partial charge in [-0.15, -0.1) is 0 Å². The number of phenolic OH excluding ortho intramolecular Hbond substituents is 1. The number of H-pyrrole nitrogens is 1. The smallest absolute Gasteiger partial charge is 0.327 e. The van der Waals surface area contributed by atoms with Crippen LogP contribution in [0, 0.1) is 11.8 Å². The lowest BCUT2D eigenvalue weighted by molar-refractivity contribution is -0.142. The van der Waals surface area contributed by atoms with Gasteiger partial charge in [0.1, 0.15) is 48.0 Å². The summed E-state index contributed by atoms with van der Waals surface area (Å²) in [6.45, 7) is 7.74. The molecule has 0 bridgehead atoms. The van der Waals surface area contributed by atoms with Crippen LogP contribution in [0.25, 0.3) is 0 Å². The Balaban J connectivity index is 2.26. The Labute approximate surface area is 427 Å². The third-order valence-corrected chi connectivity index (χ3v) is 11.0. The van der Waals surface area contributed by atoms with Crippen LogP contribution in [0.1, 0.15) is 78.0 Å². The number of benzene rings is 1. The van der Waals surface area contributed by atoms with E-state index < -0.39 is 120 Å². The fourth-order valence-corrected chi connectivity index (χ4v) is 7.12. The van der Waals surface area contributed by atoms with Crippen molar-refractivity contribution in [2.45, 2.75) is 128 Å². The molecule has 0 aliphatic carbocycles. The van der Waals surface area contributed by atoms with Crippen LogP contribution in [0.5, 0.6) is 5.75 Å². The van der Waals surface area contributed by atoms with Crippen LogP contribution in [-0.2, 0) is 60.8 Å². The molecule has 0 aliphatic heterocycles. The highest BCUT2D eigenvalue weighted by Crippen LogP contribution is 2.13. The Morgan fingerprint density at radius 3 is 1.75 bits per heavy atom. The molecular formula is C45H70N14O13S. The number of carboxylic acid groups (broad SMARTS) is 2. The van der Waals surface area contributed by atoms with Crippen molar-refractivity contribution in [3.63, 3.8) is 0 Å². The van der Waals surface area contributed by atoms with E-state index in [1.54, 1.807) is 13.8 Å². The molecule has 8 atom stereocenters. The number of rotatable bonds is 32. The number of hydrogen-bond donors (Lipinski definition) is 16. The summed E-state index contributed by atoms with van der Waals surface area (Å²) < 4.78 is 0. The molecule has 404 valence electrons. The van der Waals surface area contributed by atoms with Gasteiger partial charge in [0.05, 0.1) is 25.3 Å². The maximum Gasteiger partial charge on any atom is 0.327 e. The number of imidazole rings is 1. The molecule has 18 N–H and O–H groups in total. The minimum Gasteiger partial charge on any atom is -0.508 e. The van der Waals surface area contributed by atoms with Crippen molar-refractivity contribution in [1.82, 2.24) is 52.5 Å². The number of phenols is 1. The summed E-state index contributed by atoms with van der Waals surface area (Å²) in [5.74, 6) is -10.7. The van der Waals surface area contributed by atoms with Gasteiger partial charge in [-0.25, -0.2) is 9.78 Å². The van der Waals surface area contributed by atoms with Crippen molar-refractivity contribution in [3.8, 4) is 5.75 Å². The van der Waals surface area contributed by atoms with Crippen molar-refractivity contribution in [1.29, 1.82) is 0 Å². The highest BCUT2D eigenvalue weighted by atomic mass is 32.1. The molecule has 8 amide bonds. The second kappa shape index (κ2) is 31.1. The van der Waals surface area contributed by atoms with Gasteiger partial charge in [-0.2, -0.15) is 12.6 Å². The average molecular weight is 1050 g/mol. The van der Waals surface area contributed by atoms with E-state index in [1.165, 1.54) is 43.7 Å². The zero-order chi connectivity index (χ0) is 54.9. The zero-order valence-electron chi connectivity index (χ0n) is 41.3. The molecule has 0 saturated heterocycles. The number of guanidine groups is 1. The number of nitrogens with zero attached hydrogens (tertiary/aromatic N) is 2. The minimum absolute atomic E-state index is 0.0160. The molecule has 0 aliphatic rings. The molecule has 0 fully saturated rings. The van der Waals surface area contributed by atoms with Gasteiger partial charge in [0.25, 0.3) is 0 Å². The third kappa shape index (κ3) is 23.5. The monoisotopic (exact) mass is 1050 g/mol. The van der Waals surface area contributed by atoms with E-state index in [1.807, 2.05) is 13.8 Å². The number of aliphatic imine (C=N–C) groups is 1.